The Morgan fingerprint density at radius 1 is 1.44 bits per heavy atom. The molecule has 0 aliphatic rings. The molecule has 1 rings (SSSR count). The molecule has 0 aliphatic carbocycles. The highest BCUT2D eigenvalue weighted by Crippen LogP contribution is 2.31. The van der Waals surface area contributed by atoms with Crippen LogP contribution in [0.15, 0.2) is 17.0 Å². The lowest BCUT2D eigenvalue weighted by atomic mass is 10.2. The van der Waals surface area contributed by atoms with Gasteiger partial charge in [0.15, 0.2) is 0 Å². The van der Waals surface area contributed by atoms with Crippen LogP contribution in [0.2, 0.25) is 10.0 Å². The highest BCUT2D eigenvalue weighted by atomic mass is 35.5. The number of hydrogen-bond donors (Lipinski definition) is 2. The quantitative estimate of drug-likeness (QED) is 0.834. The van der Waals surface area contributed by atoms with E-state index in [1.807, 2.05) is 13.2 Å². The van der Waals surface area contributed by atoms with Gasteiger partial charge in [-0.2, -0.15) is 0 Å². The molecule has 18 heavy (non-hydrogen) atoms. The van der Waals surface area contributed by atoms with E-state index >= 15 is 0 Å². The van der Waals surface area contributed by atoms with Gasteiger partial charge in [0.2, 0.25) is 0 Å². The zero-order valence-corrected chi connectivity index (χ0v) is 13.1. The number of nitrogens with one attached hydrogen (secondary N) is 1. The van der Waals surface area contributed by atoms with E-state index in [4.69, 9.17) is 28.9 Å². The summed E-state index contributed by atoms with van der Waals surface area (Å²) in [6, 6.07) is 3.18. The highest BCUT2D eigenvalue weighted by molar-refractivity contribution is 7.98. The molecule has 0 heterocycles. The van der Waals surface area contributed by atoms with Crippen molar-refractivity contribution in [3.63, 3.8) is 0 Å². The lowest BCUT2D eigenvalue weighted by Gasteiger charge is -2.13. The minimum atomic E-state index is -0.236. The summed E-state index contributed by atoms with van der Waals surface area (Å²) in [5.41, 5.74) is 5.86. The topological polar surface area (TPSA) is 55.1 Å². The van der Waals surface area contributed by atoms with Gasteiger partial charge in [0.25, 0.3) is 5.91 Å². The van der Waals surface area contributed by atoms with E-state index in [1.165, 1.54) is 11.8 Å². The second-order valence-electron chi connectivity index (χ2n) is 3.58. The van der Waals surface area contributed by atoms with Crippen LogP contribution in [0.3, 0.4) is 0 Å². The molecule has 102 valence electrons. The molecule has 1 atom stereocenters. The van der Waals surface area contributed by atoms with E-state index in [9.17, 15) is 4.79 Å². The summed E-state index contributed by atoms with van der Waals surface area (Å²) >= 11 is 13.4. The first-order chi connectivity index (χ1) is 7.99. The van der Waals surface area contributed by atoms with Gasteiger partial charge < -0.3 is 11.1 Å². The fourth-order valence-corrected chi connectivity index (χ4v) is 2.41. The molecule has 1 amide bonds. The molecule has 0 aliphatic heterocycles. The molecule has 3 N–H and O–H groups in total. The van der Waals surface area contributed by atoms with Crippen LogP contribution in [-0.2, 0) is 0 Å². The molecule has 0 fully saturated rings. The van der Waals surface area contributed by atoms with Gasteiger partial charge in [-0.25, -0.2) is 0 Å². The smallest absolute Gasteiger partial charge is 0.253 e. The fraction of sp³-hybridized carbons (Fsp3) is 0.364. The predicted octanol–water partition coefficient (Wildman–Crippen LogP) is 3.21. The van der Waals surface area contributed by atoms with Crippen LogP contribution in [0.25, 0.3) is 0 Å². The minimum absolute atomic E-state index is 0. The van der Waals surface area contributed by atoms with E-state index in [0.717, 1.165) is 4.90 Å². The number of benzene rings is 1. The summed E-state index contributed by atoms with van der Waals surface area (Å²) in [7, 11) is 0. The van der Waals surface area contributed by atoms with Gasteiger partial charge in [-0.3, -0.25) is 4.79 Å². The third-order valence-electron chi connectivity index (χ3n) is 2.22. The Balaban J connectivity index is 0.00000289. The van der Waals surface area contributed by atoms with Crippen LogP contribution >= 0.6 is 47.4 Å². The average molecular weight is 330 g/mol. The van der Waals surface area contributed by atoms with Crippen molar-refractivity contribution in [2.24, 2.45) is 5.73 Å². The normalized spacial score (nSPS) is 11.6. The van der Waals surface area contributed by atoms with Crippen molar-refractivity contribution in [1.29, 1.82) is 0 Å². The van der Waals surface area contributed by atoms with Crippen molar-refractivity contribution in [1.82, 2.24) is 5.32 Å². The van der Waals surface area contributed by atoms with Crippen LogP contribution < -0.4 is 11.1 Å². The third kappa shape index (κ3) is 4.52. The van der Waals surface area contributed by atoms with E-state index in [-0.39, 0.29) is 24.4 Å². The average Bonchev–Trinajstić information content (AvgIpc) is 2.28. The maximum atomic E-state index is 11.9. The standard InChI is InChI=1S/C11H14Cl2N2OS.ClH/c1-6(5-14)15-11(16)7-3-10(17-2)9(13)4-8(7)12;/h3-4,6H,5,14H2,1-2H3,(H,15,16);1H/t6-;/m0./s1. The number of nitrogens with two attached hydrogens (primary N) is 1. The summed E-state index contributed by atoms with van der Waals surface area (Å²) < 4.78 is 0. The molecular formula is C11H15Cl3N2OS. The summed E-state index contributed by atoms with van der Waals surface area (Å²) in [6.45, 7) is 2.21. The van der Waals surface area contributed by atoms with Crippen LogP contribution in [-0.4, -0.2) is 24.7 Å². The molecule has 1 aromatic rings. The minimum Gasteiger partial charge on any atom is -0.348 e. The number of carbonyl (C=O) groups is 1. The molecule has 0 saturated carbocycles. The van der Waals surface area contributed by atoms with Gasteiger partial charge in [0.1, 0.15) is 0 Å². The maximum Gasteiger partial charge on any atom is 0.253 e. The second-order valence-corrected chi connectivity index (χ2v) is 5.24. The Morgan fingerprint density at radius 3 is 2.56 bits per heavy atom. The van der Waals surface area contributed by atoms with E-state index in [1.54, 1.807) is 12.1 Å². The second kappa shape index (κ2) is 8.12. The monoisotopic (exact) mass is 328 g/mol. The van der Waals surface area contributed by atoms with E-state index in [0.29, 0.717) is 22.2 Å². The van der Waals surface area contributed by atoms with Gasteiger partial charge in [0, 0.05) is 17.5 Å². The molecule has 1 aromatic carbocycles. The number of rotatable bonds is 4. The fourth-order valence-electron chi connectivity index (χ4n) is 1.22. The first-order valence-electron chi connectivity index (χ1n) is 5.03. The molecule has 0 aromatic heterocycles. The number of amides is 1. The Bertz CT molecular complexity index is 429. The van der Waals surface area contributed by atoms with E-state index < -0.39 is 0 Å². The Kier molecular flexibility index (Phi) is 8.06. The van der Waals surface area contributed by atoms with Gasteiger partial charge >= 0.3 is 0 Å². The number of hydrogen-bond acceptors (Lipinski definition) is 3. The van der Waals surface area contributed by atoms with Crippen molar-refractivity contribution in [2.45, 2.75) is 17.9 Å². The largest absolute Gasteiger partial charge is 0.348 e. The van der Waals surface area contributed by atoms with Crippen molar-refractivity contribution in [3.05, 3.63) is 27.7 Å². The SMILES string of the molecule is CSc1cc(C(=O)N[C@@H](C)CN)c(Cl)cc1Cl.Cl. The molecule has 7 heteroatoms. The Labute approximate surface area is 127 Å². The Morgan fingerprint density at radius 2 is 2.06 bits per heavy atom. The first-order valence-corrected chi connectivity index (χ1v) is 7.01. The predicted molar refractivity (Wildman–Crippen MR) is 81.5 cm³/mol. The third-order valence-corrected chi connectivity index (χ3v) is 3.73. The lowest BCUT2D eigenvalue weighted by Crippen LogP contribution is -2.37. The summed E-state index contributed by atoms with van der Waals surface area (Å²) in [5, 5.41) is 3.65. The zero-order chi connectivity index (χ0) is 13.0. The van der Waals surface area contributed by atoms with Gasteiger partial charge in [0.05, 0.1) is 15.6 Å². The molecule has 0 unspecified atom stereocenters. The van der Waals surface area contributed by atoms with Gasteiger partial charge in [-0.15, -0.1) is 24.2 Å². The van der Waals surface area contributed by atoms with Crippen LogP contribution in [0.1, 0.15) is 17.3 Å². The van der Waals surface area contributed by atoms with Crippen molar-refractivity contribution in [2.75, 3.05) is 12.8 Å². The first kappa shape index (κ1) is 17.9. The molecular weight excluding hydrogens is 315 g/mol. The molecule has 3 nitrogen and oxygen atoms in total. The highest BCUT2D eigenvalue weighted by Gasteiger charge is 2.15. The van der Waals surface area contributed by atoms with Crippen molar-refractivity contribution >= 4 is 53.3 Å². The Hall–Kier alpha value is -0.130. The maximum absolute atomic E-state index is 11.9. The van der Waals surface area contributed by atoms with Crippen LogP contribution in [0.4, 0.5) is 0 Å². The van der Waals surface area contributed by atoms with Gasteiger partial charge in [-0.1, -0.05) is 23.2 Å². The number of carbonyl (C=O) groups excluding carboxylic acids is 1. The molecule has 0 spiro atoms. The summed E-state index contributed by atoms with van der Waals surface area (Å²) in [6.07, 6.45) is 1.89. The van der Waals surface area contributed by atoms with Crippen molar-refractivity contribution < 1.29 is 4.79 Å². The molecule has 0 radical (unpaired) electrons. The number of thioether (sulfide) groups is 1. The summed E-state index contributed by atoms with van der Waals surface area (Å²) in [5.74, 6) is -0.236. The van der Waals surface area contributed by atoms with Gasteiger partial charge in [-0.05, 0) is 25.3 Å². The van der Waals surface area contributed by atoms with E-state index in [2.05, 4.69) is 5.32 Å². The lowest BCUT2D eigenvalue weighted by molar-refractivity contribution is 0.0941. The number of halogens is 3. The zero-order valence-electron chi connectivity index (χ0n) is 10.00. The van der Waals surface area contributed by atoms with Crippen LogP contribution in [0.5, 0.6) is 0 Å². The molecule has 0 saturated heterocycles. The summed E-state index contributed by atoms with van der Waals surface area (Å²) in [4.78, 5) is 12.7. The van der Waals surface area contributed by atoms with Crippen molar-refractivity contribution in [3.8, 4) is 0 Å². The van der Waals surface area contributed by atoms with Crippen LogP contribution in [0, 0.1) is 0 Å². The molecule has 0 bridgehead atoms.